The molecule has 0 aliphatic carbocycles. The highest BCUT2D eigenvalue weighted by Crippen LogP contribution is 2.37. The average molecular weight is 425 g/mol. The largest absolute Gasteiger partial charge is 0.504 e. The summed E-state index contributed by atoms with van der Waals surface area (Å²) in [7, 11) is 2.15. The van der Waals surface area contributed by atoms with Crippen LogP contribution in [0.2, 0.25) is 0 Å². The van der Waals surface area contributed by atoms with E-state index in [1.165, 1.54) is 12.1 Å². The van der Waals surface area contributed by atoms with Crippen LogP contribution >= 0.6 is 0 Å². The number of fused-ring (bicyclic) bond motifs is 1. The summed E-state index contributed by atoms with van der Waals surface area (Å²) in [6, 6.07) is 9.77. The Balaban J connectivity index is 1.43. The van der Waals surface area contributed by atoms with Gasteiger partial charge in [0.15, 0.2) is 17.1 Å². The van der Waals surface area contributed by atoms with Gasteiger partial charge in [-0.2, -0.15) is 0 Å². The molecule has 0 radical (unpaired) electrons. The molecule has 1 aliphatic heterocycles. The second-order valence-electron chi connectivity index (χ2n) is 7.94. The predicted molar refractivity (Wildman–Crippen MR) is 119 cm³/mol. The van der Waals surface area contributed by atoms with Gasteiger partial charge in [0.05, 0.1) is 5.39 Å². The summed E-state index contributed by atoms with van der Waals surface area (Å²) < 4.78 is 5.60. The normalized spacial score (nSPS) is 15.5. The van der Waals surface area contributed by atoms with Gasteiger partial charge >= 0.3 is 0 Å². The zero-order valence-electron chi connectivity index (χ0n) is 17.5. The quantitative estimate of drug-likeness (QED) is 0.350. The van der Waals surface area contributed by atoms with Crippen molar-refractivity contribution in [2.24, 2.45) is 0 Å². The Morgan fingerprint density at radius 1 is 0.968 bits per heavy atom. The van der Waals surface area contributed by atoms with E-state index in [0.717, 1.165) is 44.8 Å². The molecule has 0 saturated carbocycles. The Morgan fingerprint density at radius 3 is 2.39 bits per heavy atom. The molecule has 2 heterocycles. The Morgan fingerprint density at radius 2 is 1.68 bits per heavy atom. The fourth-order valence-electron chi connectivity index (χ4n) is 3.73. The van der Waals surface area contributed by atoms with Crippen molar-refractivity contribution >= 4 is 11.0 Å². The maximum absolute atomic E-state index is 12.5. The molecular formula is C23H27N3O5. The third-order valence-corrected chi connectivity index (χ3v) is 5.74. The van der Waals surface area contributed by atoms with Crippen molar-refractivity contribution in [3.05, 3.63) is 52.2 Å². The lowest BCUT2D eigenvalue weighted by molar-refractivity contribution is 0.154. The minimum atomic E-state index is -0.666. The summed E-state index contributed by atoms with van der Waals surface area (Å²) in [4.78, 5) is 17.2. The van der Waals surface area contributed by atoms with Crippen LogP contribution in [0.15, 0.2) is 45.6 Å². The Hall–Kier alpha value is -3.07. The van der Waals surface area contributed by atoms with Crippen LogP contribution in [-0.2, 0) is 6.54 Å². The second kappa shape index (κ2) is 8.97. The van der Waals surface area contributed by atoms with Crippen molar-refractivity contribution in [3.8, 4) is 28.6 Å². The summed E-state index contributed by atoms with van der Waals surface area (Å²) in [6.45, 7) is 7.03. The monoisotopic (exact) mass is 425 g/mol. The van der Waals surface area contributed by atoms with E-state index in [9.17, 15) is 20.1 Å². The molecule has 1 fully saturated rings. The summed E-state index contributed by atoms with van der Waals surface area (Å²) in [5, 5.41) is 33.5. The van der Waals surface area contributed by atoms with E-state index in [0.29, 0.717) is 12.1 Å². The summed E-state index contributed by atoms with van der Waals surface area (Å²) in [6.07, 6.45) is 0. The number of piperazine rings is 1. The van der Waals surface area contributed by atoms with Gasteiger partial charge < -0.3 is 30.0 Å². The standard InChI is InChI=1S/C23H27N3O5/c1-25-10-12-26(13-11-25)9-8-24-14-15-2-4-16(5-3-15)22-21(30)19(28)17-6-7-18(27)20(29)23(17)31-22/h2-7,24,27,29-30H,8-14H2,1H3. The third-order valence-electron chi connectivity index (χ3n) is 5.74. The van der Waals surface area contributed by atoms with Gasteiger partial charge in [-0.25, -0.2) is 0 Å². The van der Waals surface area contributed by atoms with Crippen molar-refractivity contribution < 1.29 is 19.7 Å². The fourth-order valence-corrected chi connectivity index (χ4v) is 3.73. The van der Waals surface area contributed by atoms with Crippen LogP contribution in [0.1, 0.15) is 5.56 Å². The molecule has 3 aromatic rings. The molecule has 31 heavy (non-hydrogen) atoms. The van der Waals surface area contributed by atoms with Gasteiger partial charge in [-0.05, 0) is 24.7 Å². The molecule has 4 rings (SSSR count). The van der Waals surface area contributed by atoms with Gasteiger partial charge in [-0.1, -0.05) is 24.3 Å². The molecular weight excluding hydrogens is 398 g/mol. The highest BCUT2D eigenvalue weighted by Gasteiger charge is 2.19. The third kappa shape index (κ3) is 4.51. The topological polar surface area (TPSA) is 109 Å². The molecule has 8 heteroatoms. The molecule has 0 atom stereocenters. The van der Waals surface area contributed by atoms with E-state index in [1.807, 2.05) is 12.1 Å². The Labute approximate surface area is 180 Å². The molecule has 0 unspecified atom stereocenters. The molecule has 164 valence electrons. The molecule has 1 aliphatic rings. The zero-order chi connectivity index (χ0) is 22.0. The van der Waals surface area contributed by atoms with Crippen molar-refractivity contribution in [1.29, 1.82) is 0 Å². The maximum atomic E-state index is 12.5. The van der Waals surface area contributed by atoms with Gasteiger partial charge in [0.2, 0.25) is 16.9 Å². The summed E-state index contributed by atoms with van der Waals surface area (Å²) in [5.74, 6) is -1.51. The van der Waals surface area contributed by atoms with E-state index in [4.69, 9.17) is 4.42 Å². The first-order valence-electron chi connectivity index (χ1n) is 10.4. The molecule has 1 saturated heterocycles. The van der Waals surface area contributed by atoms with Crippen molar-refractivity contribution in [3.63, 3.8) is 0 Å². The first-order chi connectivity index (χ1) is 14.9. The van der Waals surface area contributed by atoms with E-state index < -0.39 is 22.7 Å². The van der Waals surface area contributed by atoms with Crippen LogP contribution in [0.5, 0.6) is 17.2 Å². The van der Waals surface area contributed by atoms with Crippen molar-refractivity contribution in [1.82, 2.24) is 15.1 Å². The molecule has 0 bridgehead atoms. The number of rotatable bonds is 6. The number of nitrogens with one attached hydrogen (secondary N) is 1. The Kier molecular flexibility index (Phi) is 6.13. The molecule has 1 aromatic heterocycles. The number of aromatic hydroxyl groups is 3. The van der Waals surface area contributed by atoms with E-state index >= 15 is 0 Å². The van der Waals surface area contributed by atoms with Crippen molar-refractivity contribution in [2.45, 2.75) is 6.54 Å². The minimum Gasteiger partial charge on any atom is -0.504 e. The van der Waals surface area contributed by atoms with Crippen LogP contribution in [-0.4, -0.2) is 71.4 Å². The summed E-state index contributed by atoms with van der Waals surface area (Å²) >= 11 is 0. The molecule has 8 nitrogen and oxygen atoms in total. The minimum absolute atomic E-state index is 0.00211. The highest BCUT2D eigenvalue weighted by atomic mass is 16.4. The van der Waals surface area contributed by atoms with Crippen LogP contribution in [0.3, 0.4) is 0 Å². The van der Waals surface area contributed by atoms with Crippen LogP contribution in [0.4, 0.5) is 0 Å². The number of hydrogen-bond acceptors (Lipinski definition) is 8. The number of phenols is 2. The van der Waals surface area contributed by atoms with Gasteiger partial charge in [-0.15, -0.1) is 0 Å². The number of benzene rings is 2. The van der Waals surface area contributed by atoms with Gasteiger partial charge in [0, 0.05) is 51.4 Å². The predicted octanol–water partition coefficient (Wildman–Crippen LogP) is 1.91. The fraction of sp³-hybridized carbons (Fsp3) is 0.348. The van der Waals surface area contributed by atoms with Crippen LogP contribution in [0, 0.1) is 0 Å². The summed E-state index contributed by atoms with van der Waals surface area (Å²) in [5.41, 5.74) is 0.735. The lowest BCUT2D eigenvalue weighted by Gasteiger charge is -2.32. The first kappa shape index (κ1) is 21.2. The van der Waals surface area contributed by atoms with Gasteiger partial charge in [0.1, 0.15) is 0 Å². The van der Waals surface area contributed by atoms with Crippen LogP contribution < -0.4 is 10.7 Å². The lowest BCUT2D eigenvalue weighted by Crippen LogP contribution is -2.46. The molecule has 0 amide bonds. The number of likely N-dealkylation sites (N-methyl/N-ethyl adjacent to an activating group) is 1. The van der Waals surface area contributed by atoms with Crippen molar-refractivity contribution in [2.75, 3.05) is 46.3 Å². The van der Waals surface area contributed by atoms with E-state index in [1.54, 1.807) is 12.1 Å². The first-order valence-corrected chi connectivity index (χ1v) is 10.4. The SMILES string of the molecule is CN1CCN(CCNCc2ccc(-c3oc4c(O)c(O)ccc4c(=O)c3O)cc2)CC1. The zero-order valence-corrected chi connectivity index (χ0v) is 17.5. The maximum Gasteiger partial charge on any atom is 0.235 e. The number of hydrogen-bond donors (Lipinski definition) is 4. The molecule has 0 spiro atoms. The molecule has 4 N–H and O–H groups in total. The van der Waals surface area contributed by atoms with Gasteiger partial charge in [0.25, 0.3) is 0 Å². The smallest absolute Gasteiger partial charge is 0.235 e. The van der Waals surface area contributed by atoms with Crippen LogP contribution in [0.25, 0.3) is 22.3 Å². The molecule has 2 aromatic carbocycles. The van der Waals surface area contributed by atoms with E-state index in [-0.39, 0.29) is 16.7 Å². The van der Waals surface area contributed by atoms with Gasteiger partial charge in [-0.3, -0.25) is 9.69 Å². The number of phenolic OH excluding ortho intramolecular Hbond substituents is 2. The highest BCUT2D eigenvalue weighted by molar-refractivity contribution is 5.88. The number of nitrogens with zero attached hydrogens (tertiary/aromatic N) is 2. The van der Waals surface area contributed by atoms with E-state index in [2.05, 4.69) is 22.2 Å². The second-order valence-corrected chi connectivity index (χ2v) is 7.94. The lowest BCUT2D eigenvalue weighted by atomic mass is 10.1. The average Bonchev–Trinajstić information content (AvgIpc) is 2.78. The Bertz CT molecular complexity index is 1120.